The number of nitrogens with two attached hydrogens (primary N) is 2. The monoisotopic (exact) mass is 519 g/mol. The van der Waals surface area contributed by atoms with Gasteiger partial charge in [-0.1, -0.05) is 26.0 Å². The lowest BCUT2D eigenvalue weighted by Gasteiger charge is -2.29. The van der Waals surface area contributed by atoms with Crippen molar-refractivity contribution in [2.75, 3.05) is 13.1 Å². The third-order valence-corrected chi connectivity index (χ3v) is 6.45. The molecule has 1 aromatic carbocycles. The Balaban J connectivity index is 2.11. The maximum Gasteiger partial charge on any atom is 0.326 e. The first kappa shape index (κ1) is 30.0. The number of nitrogens with one attached hydrogen (secondary N) is 2. The van der Waals surface area contributed by atoms with Crippen molar-refractivity contribution >= 4 is 23.7 Å². The van der Waals surface area contributed by atoms with Gasteiger partial charge >= 0.3 is 5.97 Å². The molecule has 0 aromatic heterocycles. The van der Waals surface area contributed by atoms with Crippen LogP contribution in [0.4, 0.5) is 0 Å². The van der Waals surface area contributed by atoms with E-state index in [-0.39, 0.29) is 30.4 Å². The molecule has 0 spiro atoms. The van der Waals surface area contributed by atoms with E-state index in [1.54, 1.807) is 12.1 Å². The molecule has 1 fully saturated rings. The van der Waals surface area contributed by atoms with Crippen LogP contribution in [0.5, 0.6) is 5.75 Å². The van der Waals surface area contributed by atoms with Gasteiger partial charge < -0.3 is 37.2 Å². The molecule has 1 aliphatic rings. The number of benzene rings is 1. The molecular weight excluding hydrogens is 478 g/mol. The number of nitrogens with zero attached hydrogens (tertiary/aromatic N) is 1. The largest absolute Gasteiger partial charge is 0.508 e. The highest BCUT2D eigenvalue weighted by atomic mass is 16.4. The van der Waals surface area contributed by atoms with Crippen LogP contribution in [0.2, 0.25) is 0 Å². The van der Waals surface area contributed by atoms with Gasteiger partial charge in [0.25, 0.3) is 0 Å². The average Bonchev–Trinajstić information content (AvgIpc) is 3.33. The molecule has 4 unspecified atom stereocenters. The number of carboxylic acid groups (broad SMARTS) is 1. The number of amides is 3. The van der Waals surface area contributed by atoms with Crippen LogP contribution in [0, 0.1) is 5.92 Å². The van der Waals surface area contributed by atoms with E-state index in [1.807, 2.05) is 13.8 Å². The topological polar surface area (TPSA) is 188 Å². The molecule has 11 nitrogen and oxygen atoms in total. The Bertz CT molecular complexity index is 923. The summed E-state index contributed by atoms with van der Waals surface area (Å²) in [6.45, 7) is 4.77. The molecule has 8 N–H and O–H groups in total. The predicted molar refractivity (Wildman–Crippen MR) is 138 cm³/mol. The Hall–Kier alpha value is -3.18. The Kier molecular flexibility index (Phi) is 11.8. The van der Waals surface area contributed by atoms with E-state index in [0.717, 1.165) is 0 Å². The Morgan fingerprint density at radius 1 is 1.08 bits per heavy atom. The summed E-state index contributed by atoms with van der Waals surface area (Å²) in [4.78, 5) is 52.6. The lowest BCUT2D eigenvalue weighted by Crippen LogP contribution is -2.56. The van der Waals surface area contributed by atoms with Crippen LogP contribution in [0.25, 0.3) is 0 Å². The van der Waals surface area contributed by atoms with Crippen LogP contribution < -0.4 is 22.1 Å². The number of hydrogen-bond donors (Lipinski definition) is 6. The highest BCUT2D eigenvalue weighted by Crippen LogP contribution is 2.20. The fraction of sp³-hybridized carbons (Fsp3) is 0.615. The second-order valence-electron chi connectivity index (χ2n) is 10.0. The number of phenols is 1. The number of carboxylic acids is 1. The molecular formula is C26H41N5O6. The number of phenolic OH excluding ortho intramolecular Hbond substituents is 1. The zero-order valence-corrected chi connectivity index (χ0v) is 21.7. The van der Waals surface area contributed by atoms with Crippen LogP contribution >= 0.6 is 0 Å². The van der Waals surface area contributed by atoms with E-state index in [2.05, 4.69) is 10.6 Å². The number of rotatable bonds is 14. The van der Waals surface area contributed by atoms with Gasteiger partial charge in [-0.15, -0.1) is 0 Å². The van der Waals surface area contributed by atoms with Crippen LogP contribution in [0.3, 0.4) is 0 Å². The molecule has 0 saturated carbocycles. The van der Waals surface area contributed by atoms with Gasteiger partial charge in [-0.05, 0) is 68.7 Å². The Morgan fingerprint density at radius 3 is 2.35 bits per heavy atom. The van der Waals surface area contributed by atoms with Crippen molar-refractivity contribution < 1.29 is 29.4 Å². The SMILES string of the molecule is CC(C)CC(N)C(=O)N1CCCC1C(=O)NC(CCCCN)C(=O)NC(Cc1ccc(O)cc1)C(=O)O. The maximum absolute atomic E-state index is 13.2. The summed E-state index contributed by atoms with van der Waals surface area (Å²) >= 11 is 0. The molecule has 0 aliphatic carbocycles. The number of carbonyl (C=O) groups excluding carboxylic acids is 3. The van der Waals surface area contributed by atoms with Crippen molar-refractivity contribution in [1.29, 1.82) is 0 Å². The summed E-state index contributed by atoms with van der Waals surface area (Å²) in [5, 5.41) is 24.4. The van der Waals surface area contributed by atoms with Gasteiger partial charge in [-0.25, -0.2) is 4.79 Å². The third-order valence-electron chi connectivity index (χ3n) is 6.45. The zero-order chi connectivity index (χ0) is 27.5. The van der Waals surface area contributed by atoms with Gasteiger partial charge in [0.2, 0.25) is 17.7 Å². The quantitative estimate of drug-likeness (QED) is 0.191. The van der Waals surface area contributed by atoms with Crippen molar-refractivity contribution in [1.82, 2.24) is 15.5 Å². The highest BCUT2D eigenvalue weighted by molar-refractivity contribution is 5.94. The van der Waals surface area contributed by atoms with Crippen LogP contribution in [-0.4, -0.2) is 76.1 Å². The van der Waals surface area contributed by atoms with Gasteiger partial charge in [0.15, 0.2) is 0 Å². The lowest BCUT2D eigenvalue weighted by molar-refractivity contribution is -0.143. The molecule has 3 amide bonds. The van der Waals surface area contributed by atoms with Crippen molar-refractivity contribution in [3.05, 3.63) is 29.8 Å². The number of carbonyl (C=O) groups is 4. The zero-order valence-electron chi connectivity index (χ0n) is 21.7. The number of aliphatic carboxylic acids is 1. The van der Waals surface area contributed by atoms with Crippen molar-refractivity contribution in [3.8, 4) is 5.75 Å². The summed E-state index contributed by atoms with van der Waals surface area (Å²) < 4.78 is 0. The molecule has 1 aliphatic heterocycles. The van der Waals surface area contributed by atoms with Crippen molar-refractivity contribution in [2.45, 2.75) is 83.0 Å². The van der Waals surface area contributed by atoms with Gasteiger partial charge in [0.1, 0.15) is 23.9 Å². The van der Waals surface area contributed by atoms with Crippen LogP contribution in [0.15, 0.2) is 24.3 Å². The van der Waals surface area contributed by atoms with E-state index >= 15 is 0 Å². The second-order valence-corrected chi connectivity index (χ2v) is 10.0. The molecule has 0 radical (unpaired) electrons. The minimum Gasteiger partial charge on any atom is -0.508 e. The maximum atomic E-state index is 13.2. The summed E-state index contributed by atoms with van der Waals surface area (Å²) in [6.07, 6.45) is 3.07. The van der Waals surface area contributed by atoms with Crippen molar-refractivity contribution in [2.24, 2.45) is 17.4 Å². The molecule has 37 heavy (non-hydrogen) atoms. The van der Waals surface area contributed by atoms with E-state index < -0.39 is 42.0 Å². The minimum atomic E-state index is -1.23. The third kappa shape index (κ3) is 9.32. The van der Waals surface area contributed by atoms with E-state index in [0.29, 0.717) is 50.8 Å². The standard InChI is InChI=1S/C26H41N5O6/c1-16(2)14-19(28)25(35)31-13-5-7-22(31)24(34)29-20(6-3-4-12-27)23(33)30-21(26(36)37)15-17-8-10-18(32)11-9-17/h8-11,16,19-22,32H,3-7,12-15,27-28H2,1-2H3,(H,29,34)(H,30,33)(H,36,37). The number of hydrogen-bond acceptors (Lipinski definition) is 7. The molecule has 1 saturated heterocycles. The number of aromatic hydroxyl groups is 1. The predicted octanol–water partition coefficient (Wildman–Crippen LogP) is 0.482. The van der Waals surface area contributed by atoms with Crippen LogP contribution in [0.1, 0.15) is 57.9 Å². The first-order valence-corrected chi connectivity index (χ1v) is 12.9. The summed E-state index contributed by atoms with van der Waals surface area (Å²) in [7, 11) is 0. The first-order valence-electron chi connectivity index (χ1n) is 12.9. The molecule has 11 heteroatoms. The van der Waals surface area contributed by atoms with E-state index in [9.17, 15) is 29.4 Å². The fourth-order valence-electron chi connectivity index (χ4n) is 4.49. The lowest BCUT2D eigenvalue weighted by atomic mass is 10.0. The molecule has 1 heterocycles. The van der Waals surface area contributed by atoms with Gasteiger partial charge in [0, 0.05) is 13.0 Å². The molecule has 2 rings (SSSR count). The minimum absolute atomic E-state index is 0.00344. The van der Waals surface area contributed by atoms with Gasteiger partial charge in [0.05, 0.1) is 6.04 Å². The first-order chi connectivity index (χ1) is 17.5. The average molecular weight is 520 g/mol. The van der Waals surface area contributed by atoms with Crippen molar-refractivity contribution in [3.63, 3.8) is 0 Å². The fourth-order valence-corrected chi connectivity index (χ4v) is 4.49. The smallest absolute Gasteiger partial charge is 0.326 e. The molecule has 1 aromatic rings. The van der Waals surface area contributed by atoms with E-state index in [1.165, 1.54) is 17.0 Å². The summed E-state index contributed by atoms with van der Waals surface area (Å²) in [5.74, 6) is -2.31. The number of unbranched alkanes of at least 4 members (excludes halogenated alkanes) is 1. The summed E-state index contributed by atoms with van der Waals surface area (Å²) in [5.41, 5.74) is 12.3. The van der Waals surface area contributed by atoms with E-state index in [4.69, 9.17) is 11.5 Å². The Morgan fingerprint density at radius 2 is 1.76 bits per heavy atom. The summed E-state index contributed by atoms with van der Waals surface area (Å²) in [6, 6.07) is 2.38. The number of likely N-dealkylation sites (tertiary alicyclic amines) is 1. The molecule has 4 atom stereocenters. The molecule has 206 valence electrons. The highest BCUT2D eigenvalue weighted by Gasteiger charge is 2.38. The normalized spacial score (nSPS) is 17.8. The van der Waals surface area contributed by atoms with Gasteiger partial charge in [-0.2, -0.15) is 0 Å². The molecule has 0 bridgehead atoms. The van der Waals surface area contributed by atoms with Crippen LogP contribution in [-0.2, 0) is 25.6 Å². The second kappa shape index (κ2) is 14.5. The van der Waals surface area contributed by atoms with Gasteiger partial charge in [-0.3, -0.25) is 14.4 Å². The Labute approximate surface area is 217 Å².